The van der Waals surface area contributed by atoms with Gasteiger partial charge in [0.25, 0.3) is 0 Å². The van der Waals surface area contributed by atoms with Crippen LogP contribution in [0.1, 0.15) is 58.8 Å². The van der Waals surface area contributed by atoms with E-state index in [0.717, 1.165) is 12.6 Å². The van der Waals surface area contributed by atoms with Gasteiger partial charge in [0.05, 0.1) is 6.10 Å². The summed E-state index contributed by atoms with van der Waals surface area (Å²) in [4.78, 5) is 2.79. The van der Waals surface area contributed by atoms with Gasteiger partial charge in [0.2, 0.25) is 0 Å². The molecule has 0 aromatic rings. The van der Waals surface area contributed by atoms with E-state index in [1.807, 2.05) is 0 Å². The van der Waals surface area contributed by atoms with Crippen LogP contribution in [0.5, 0.6) is 0 Å². The van der Waals surface area contributed by atoms with Gasteiger partial charge in [-0.25, -0.2) is 0 Å². The lowest BCUT2D eigenvalue weighted by Gasteiger charge is -2.54. The molecule has 2 saturated carbocycles. The minimum Gasteiger partial charge on any atom is -0.378 e. The first kappa shape index (κ1) is 13.8. The summed E-state index contributed by atoms with van der Waals surface area (Å²) in [5, 5.41) is 3.88. The monoisotopic (exact) mass is 266 g/mol. The Morgan fingerprint density at radius 2 is 1.95 bits per heavy atom. The molecule has 1 aliphatic heterocycles. The maximum Gasteiger partial charge on any atom is 0.0604 e. The van der Waals surface area contributed by atoms with E-state index in [-0.39, 0.29) is 0 Å². The highest BCUT2D eigenvalue weighted by molar-refractivity contribution is 5.02. The molecule has 1 N–H and O–H groups in total. The summed E-state index contributed by atoms with van der Waals surface area (Å²) >= 11 is 0. The van der Waals surface area contributed by atoms with Crippen LogP contribution in [-0.2, 0) is 4.74 Å². The molecule has 0 bridgehead atoms. The van der Waals surface area contributed by atoms with Gasteiger partial charge in [-0.3, -0.25) is 4.90 Å². The summed E-state index contributed by atoms with van der Waals surface area (Å²) in [5.41, 5.74) is 0.446. The molecule has 1 heterocycles. The zero-order valence-corrected chi connectivity index (χ0v) is 12.7. The smallest absolute Gasteiger partial charge is 0.0604 e. The Labute approximate surface area is 118 Å². The van der Waals surface area contributed by atoms with E-state index in [0.29, 0.717) is 17.7 Å². The molecule has 3 nitrogen and oxygen atoms in total. The third-order valence-electron chi connectivity index (χ3n) is 5.58. The lowest BCUT2D eigenvalue weighted by molar-refractivity contribution is -0.0758. The highest BCUT2D eigenvalue weighted by Crippen LogP contribution is 2.36. The Morgan fingerprint density at radius 1 is 1.21 bits per heavy atom. The standard InChI is InChI=1S/C16H30N2O/c1-3-19-15-9-14(10-15)18-12-16(17-11-13(18)2)7-5-4-6-8-16/h13-15,17H,3-12H2,1-2H3. The summed E-state index contributed by atoms with van der Waals surface area (Å²) in [7, 11) is 0. The summed E-state index contributed by atoms with van der Waals surface area (Å²) in [6, 6.07) is 1.48. The average molecular weight is 266 g/mol. The molecule has 0 aromatic carbocycles. The van der Waals surface area contributed by atoms with Gasteiger partial charge in [-0.1, -0.05) is 19.3 Å². The molecular weight excluding hydrogens is 236 g/mol. The Kier molecular flexibility index (Phi) is 4.16. The van der Waals surface area contributed by atoms with Crippen LogP contribution in [0, 0.1) is 0 Å². The van der Waals surface area contributed by atoms with Gasteiger partial charge in [-0.05, 0) is 39.5 Å². The minimum absolute atomic E-state index is 0.446. The number of piperazine rings is 1. The number of nitrogens with zero attached hydrogens (tertiary/aromatic N) is 1. The fourth-order valence-corrected chi connectivity index (χ4v) is 4.28. The van der Waals surface area contributed by atoms with Crippen molar-refractivity contribution in [2.24, 2.45) is 0 Å². The molecule has 3 fully saturated rings. The molecule has 0 radical (unpaired) electrons. The lowest BCUT2D eigenvalue weighted by atomic mass is 9.77. The Bertz CT molecular complexity index is 295. The first-order valence-corrected chi connectivity index (χ1v) is 8.35. The zero-order valence-electron chi connectivity index (χ0n) is 12.7. The Morgan fingerprint density at radius 3 is 2.63 bits per heavy atom. The fraction of sp³-hybridized carbons (Fsp3) is 1.00. The molecule has 3 heteroatoms. The Hall–Kier alpha value is -0.120. The molecule has 2 aliphatic carbocycles. The molecule has 0 amide bonds. The molecule has 3 aliphatic rings. The van der Waals surface area contributed by atoms with Crippen LogP contribution in [0.15, 0.2) is 0 Å². The van der Waals surface area contributed by atoms with E-state index < -0.39 is 0 Å². The first-order valence-electron chi connectivity index (χ1n) is 8.35. The second kappa shape index (κ2) is 5.71. The largest absolute Gasteiger partial charge is 0.378 e. The summed E-state index contributed by atoms with van der Waals surface area (Å²) in [6.45, 7) is 7.82. The SMILES string of the molecule is CCOC1CC(N2CC3(CCCCC3)NCC2C)C1. The van der Waals surface area contributed by atoms with Crippen molar-refractivity contribution < 1.29 is 4.74 Å². The van der Waals surface area contributed by atoms with Gasteiger partial charge in [0.15, 0.2) is 0 Å². The number of ether oxygens (including phenoxy) is 1. The van der Waals surface area contributed by atoms with Gasteiger partial charge >= 0.3 is 0 Å². The van der Waals surface area contributed by atoms with Crippen LogP contribution < -0.4 is 5.32 Å². The van der Waals surface area contributed by atoms with E-state index in [1.54, 1.807) is 0 Å². The van der Waals surface area contributed by atoms with Crippen molar-refractivity contribution in [1.82, 2.24) is 10.2 Å². The number of rotatable bonds is 3. The molecule has 1 spiro atoms. The summed E-state index contributed by atoms with van der Waals surface area (Å²) in [5.74, 6) is 0. The number of hydrogen-bond donors (Lipinski definition) is 1. The molecule has 1 unspecified atom stereocenters. The second-order valence-electron chi connectivity index (χ2n) is 6.95. The van der Waals surface area contributed by atoms with Crippen molar-refractivity contribution >= 4 is 0 Å². The predicted molar refractivity (Wildman–Crippen MR) is 78.4 cm³/mol. The van der Waals surface area contributed by atoms with Crippen LogP contribution in [0.25, 0.3) is 0 Å². The second-order valence-corrected chi connectivity index (χ2v) is 6.95. The van der Waals surface area contributed by atoms with E-state index in [4.69, 9.17) is 4.74 Å². The fourth-order valence-electron chi connectivity index (χ4n) is 4.28. The third-order valence-corrected chi connectivity index (χ3v) is 5.58. The van der Waals surface area contributed by atoms with Gasteiger partial charge in [0, 0.05) is 37.3 Å². The van der Waals surface area contributed by atoms with E-state index in [9.17, 15) is 0 Å². The van der Waals surface area contributed by atoms with Crippen LogP contribution in [0.3, 0.4) is 0 Å². The molecular formula is C16H30N2O. The van der Waals surface area contributed by atoms with E-state index >= 15 is 0 Å². The van der Waals surface area contributed by atoms with Crippen molar-refractivity contribution in [3.8, 4) is 0 Å². The lowest BCUT2D eigenvalue weighted by Crippen LogP contribution is -2.67. The molecule has 3 rings (SSSR count). The zero-order chi connectivity index (χ0) is 13.3. The highest BCUT2D eigenvalue weighted by Gasteiger charge is 2.44. The topological polar surface area (TPSA) is 24.5 Å². The minimum atomic E-state index is 0.446. The van der Waals surface area contributed by atoms with Crippen molar-refractivity contribution in [2.45, 2.75) is 82.5 Å². The van der Waals surface area contributed by atoms with Crippen LogP contribution in [-0.4, -0.2) is 48.3 Å². The molecule has 19 heavy (non-hydrogen) atoms. The van der Waals surface area contributed by atoms with Crippen LogP contribution in [0.2, 0.25) is 0 Å². The van der Waals surface area contributed by atoms with Gasteiger partial charge in [-0.15, -0.1) is 0 Å². The normalized spacial score (nSPS) is 39.2. The molecule has 1 atom stereocenters. The molecule has 0 aromatic heterocycles. The Balaban J connectivity index is 1.58. The van der Waals surface area contributed by atoms with Crippen molar-refractivity contribution in [3.63, 3.8) is 0 Å². The van der Waals surface area contributed by atoms with E-state index in [1.165, 1.54) is 58.0 Å². The molecule has 1 saturated heterocycles. The first-order chi connectivity index (χ1) is 9.22. The number of nitrogens with one attached hydrogen (secondary N) is 1. The van der Waals surface area contributed by atoms with Gasteiger partial charge < -0.3 is 10.1 Å². The van der Waals surface area contributed by atoms with Crippen LogP contribution in [0.4, 0.5) is 0 Å². The van der Waals surface area contributed by atoms with Gasteiger partial charge in [-0.2, -0.15) is 0 Å². The summed E-state index contributed by atoms with van der Waals surface area (Å²) < 4.78 is 5.73. The third kappa shape index (κ3) is 2.84. The predicted octanol–water partition coefficient (Wildman–Crippen LogP) is 2.55. The maximum absolute atomic E-state index is 5.73. The van der Waals surface area contributed by atoms with Gasteiger partial charge in [0.1, 0.15) is 0 Å². The summed E-state index contributed by atoms with van der Waals surface area (Å²) in [6.07, 6.45) is 10.1. The van der Waals surface area contributed by atoms with Crippen molar-refractivity contribution in [1.29, 1.82) is 0 Å². The van der Waals surface area contributed by atoms with Crippen LogP contribution >= 0.6 is 0 Å². The highest BCUT2D eigenvalue weighted by atomic mass is 16.5. The van der Waals surface area contributed by atoms with Crippen molar-refractivity contribution in [2.75, 3.05) is 19.7 Å². The molecule has 110 valence electrons. The average Bonchev–Trinajstić information content (AvgIpc) is 2.38. The number of hydrogen-bond acceptors (Lipinski definition) is 3. The quantitative estimate of drug-likeness (QED) is 0.849. The van der Waals surface area contributed by atoms with E-state index in [2.05, 4.69) is 24.1 Å². The maximum atomic E-state index is 5.73. The van der Waals surface area contributed by atoms with Crippen molar-refractivity contribution in [3.05, 3.63) is 0 Å².